The molecule has 1 unspecified atom stereocenters. The number of carboxylic acids is 1. The minimum absolute atomic E-state index is 0.103. The van der Waals surface area contributed by atoms with Crippen LogP contribution in [0.2, 0.25) is 0 Å². The highest BCUT2D eigenvalue weighted by atomic mass is 16.5. The number of carbonyl (C=O) groups excluding carboxylic acids is 1. The number of nitrogens with one attached hydrogen (secondary N) is 2. The van der Waals surface area contributed by atoms with Crippen molar-refractivity contribution in [2.75, 3.05) is 27.4 Å². The van der Waals surface area contributed by atoms with Crippen LogP contribution in [0.3, 0.4) is 0 Å². The Bertz CT molecular complexity index is 1430. The summed E-state index contributed by atoms with van der Waals surface area (Å²) < 4.78 is 10.7. The lowest BCUT2D eigenvalue weighted by atomic mass is 9.56. The van der Waals surface area contributed by atoms with Crippen LogP contribution in [0.4, 0.5) is 0 Å². The molecule has 1 aliphatic carbocycles. The summed E-state index contributed by atoms with van der Waals surface area (Å²) in [6.45, 7) is 3.57. The molecule has 3 N–H and O–H groups in total. The van der Waals surface area contributed by atoms with Crippen molar-refractivity contribution in [3.63, 3.8) is 0 Å². The monoisotopic (exact) mass is 544 g/mol. The van der Waals surface area contributed by atoms with Gasteiger partial charge in [-0.2, -0.15) is 5.26 Å². The van der Waals surface area contributed by atoms with E-state index < -0.39 is 17.9 Å². The van der Waals surface area contributed by atoms with Crippen molar-refractivity contribution in [1.29, 1.82) is 5.26 Å². The molecule has 2 heterocycles. The van der Waals surface area contributed by atoms with Gasteiger partial charge in [-0.3, -0.25) is 9.69 Å². The fourth-order valence-electron chi connectivity index (χ4n) is 6.57. The summed E-state index contributed by atoms with van der Waals surface area (Å²) >= 11 is 0. The first kappa shape index (κ1) is 27.7. The van der Waals surface area contributed by atoms with E-state index in [-0.39, 0.29) is 24.0 Å². The van der Waals surface area contributed by atoms with Crippen LogP contribution < -0.4 is 10.1 Å². The van der Waals surface area contributed by atoms with Gasteiger partial charge < -0.3 is 24.9 Å². The van der Waals surface area contributed by atoms with Gasteiger partial charge in [-0.25, -0.2) is 4.79 Å². The van der Waals surface area contributed by atoms with Crippen molar-refractivity contribution in [2.45, 2.75) is 51.2 Å². The van der Waals surface area contributed by atoms with Gasteiger partial charge in [0.1, 0.15) is 5.75 Å². The standard InChI is InChI=1S/C31H36N4O5/c1-19-12-27(40-3)24(23-8-10-33-28(19)23)17-35-11-9-31(13-20(14-31)16-32)15-26(35)21-4-6-22(7-5-21)29(36)34-25(18-39-2)30(37)38/h4-8,10,12,20,25-26,33H,9,11,13-15,17-18H2,1-3H3,(H,34,36)(H,37,38)/t20?,25-,26?,31?/m0/s1. The maximum absolute atomic E-state index is 12.8. The summed E-state index contributed by atoms with van der Waals surface area (Å²) in [6.07, 6.45) is 5.81. The van der Waals surface area contributed by atoms with E-state index >= 15 is 0 Å². The zero-order valence-electron chi connectivity index (χ0n) is 23.2. The first-order valence-electron chi connectivity index (χ1n) is 13.7. The summed E-state index contributed by atoms with van der Waals surface area (Å²) in [4.78, 5) is 30.0. The van der Waals surface area contributed by atoms with Gasteiger partial charge >= 0.3 is 5.97 Å². The Hall–Kier alpha value is -3.87. The average Bonchev–Trinajstić information content (AvgIpc) is 3.44. The van der Waals surface area contributed by atoms with Crippen LogP contribution in [0.1, 0.15) is 58.8 Å². The first-order chi connectivity index (χ1) is 19.3. The predicted molar refractivity (Wildman–Crippen MR) is 150 cm³/mol. The van der Waals surface area contributed by atoms with Crippen molar-refractivity contribution < 1.29 is 24.2 Å². The molecule has 1 amide bonds. The smallest absolute Gasteiger partial charge is 0.328 e. The van der Waals surface area contributed by atoms with Crippen LogP contribution in [-0.2, 0) is 16.1 Å². The third-order valence-corrected chi connectivity index (χ3v) is 8.72. The molecular formula is C31H36N4O5. The fourth-order valence-corrected chi connectivity index (χ4v) is 6.57. The Labute approximate surface area is 234 Å². The van der Waals surface area contributed by atoms with Crippen LogP contribution >= 0.6 is 0 Å². The zero-order valence-corrected chi connectivity index (χ0v) is 23.2. The lowest BCUT2D eigenvalue weighted by molar-refractivity contribution is -0.140. The van der Waals surface area contributed by atoms with E-state index in [1.807, 2.05) is 18.3 Å². The largest absolute Gasteiger partial charge is 0.496 e. The number of aliphatic carboxylic acids is 1. The molecule has 5 rings (SSSR count). The summed E-state index contributed by atoms with van der Waals surface area (Å²) in [5.41, 5.74) is 5.04. The summed E-state index contributed by atoms with van der Waals surface area (Å²) in [5, 5.41) is 22.5. The van der Waals surface area contributed by atoms with Gasteiger partial charge in [0.2, 0.25) is 0 Å². The number of aryl methyl sites for hydroxylation is 1. The average molecular weight is 545 g/mol. The molecule has 9 nitrogen and oxygen atoms in total. The second-order valence-electron chi connectivity index (χ2n) is 11.3. The quantitative estimate of drug-likeness (QED) is 0.360. The van der Waals surface area contributed by atoms with E-state index in [9.17, 15) is 20.0 Å². The summed E-state index contributed by atoms with van der Waals surface area (Å²) in [5.74, 6) is -0.602. The third-order valence-electron chi connectivity index (χ3n) is 8.72. The number of benzene rings is 2. The van der Waals surface area contributed by atoms with Gasteiger partial charge in [-0.1, -0.05) is 12.1 Å². The van der Waals surface area contributed by atoms with Crippen molar-refractivity contribution in [3.05, 3.63) is 64.8 Å². The summed E-state index contributed by atoms with van der Waals surface area (Å²) in [7, 11) is 3.11. The first-order valence-corrected chi connectivity index (χ1v) is 13.7. The number of piperidine rings is 1. The molecule has 0 radical (unpaired) electrons. The molecule has 2 atom stereocenters. The number of hydrogen-bond acceptors (Lipinski definition) is 6. The number of carbonyl (C=O) groups is 2. The van der Waals surface area contributed by atoms with E-state index in [2.05, 4.69) is 40.3 Å². The number of aromatic amines is 1. The number of nitrogens with zero attached hydrogens (tertiary/aromatic N) is 2. The van der Waals surface area contributed by atoms with Crippen molar-refractivity contribution >= 4 is 22.8 Å². The SMILES string of the molecule is COC[C@H](NC(=O)c1ccc(C2CC3(CCN2Cc2c(OC)cc(C)c4[nH]ccc24)CC(C#N)C3)cc1)C(=O)O. The number of fused-ring (bicyclic) bond motifs is 1. The van der Waals surface area contributed by atoms with Crippen LogP contribution in [-0.4, -0.2) is 60.3 Å². The minimum atomic E-state index is -1.14. The normalized spacial score (nSPS) is 23.4. The van der Waals surface area contributed by atoms with Gasteiger partial charge in [-0.05, 0) is 80.0 Å². The fraction of sp³-hybridized carbons (Fsp3) is 0.452. The molecule has 1 spiro atoms. The molecular weight excluding hydrogens is 508 g/mol. The molecule has 3 aromatic rings. The maximum atomic E-state index is 12.8. The maximum Gasteiger partial charge on any atom is 0.328 e. The molecule has 0 bridgehead atoms. The topological polar surface area (TPSA) is 128 Å². The molecule has 1 saturated heterocycles. The third kappa shape index (κ3) is 5.29. The lowest BCUT2D eigenvalue weighted by Gasteiger charge is -2.53. The van der Waals surface area contributed by atoms with Gasteiger partial charge in [0, 0.05) is 53.8 Å². The zero-order chi connectivity index (χ0) is 28.4. The second kappa shape index (κ2) is 11.3. The summed E-state index contributed by atoms with van der Waals surface area (Å²) in [6, 6.07) is 13.1. The Morgan fingerprint density at radius 2 is 1.98 bits per heavy atom. The molecule has 1 saturated carbocycles. The number of carboxylic acid groups (broad SMARTS) is 1. The highest BCUT2D eigenvalue weighted by Gasteiger charge is 2.49. The molecule has 210 valence electrons. The Morgan fingerprint density at radius 3 is 2.62 bits per heavy atom. The Kier molecular flexibility index (Phi) is 7.83. The number of H-pyrrole nitrogens is 1. The van der Waals surface area contributed by atoms with Gasteiger partial charge in [0.25, 0.3) is 5.91 Å². The lowest BCUT2D eigenvalue weighted by Crippen LogP contribution is -2.48. The highest BCUT2D eigenvalue weighted by molar-refractivity contribution is 5.96. The number of hydrogen-bond donors (Lipinski definition) is 3. The number of ether oxygens (including phenoxy) is 2. The van der Waals surface area contributed by atoms with Crippen LogP contribution in [0.15, 0.2) is 42.6 Å². The molecule has 40 heavy (non-hydrogen) atoms. The number of amides is 1. The number of methoxy groups -OCH3 is 2. The molecule has 2 aliphatic rings. The van der Waals surface area contributed by atoms with E-state index in [0.717, 1.165) is 65.6 Å². The molecule has 1 aliphatic heterocycles. The van der Waals surface area contributed by atoms with Crippen LogP contribution in [0.25, 0.3) is 10.9 Å². The van der Waals surface area contributed by atoms with Gasteiger partial charge in [-0.15, -0.1) is 0 Å². The number of rotatable bonds is 9. The van der Waals surface area contributed by atoms with E-state index in [0.29, 0.717) is 12.1 Å². The van der Waals surface area contributed by atoms with Crippen molar-refractivity contribution in [3.8, 4) is 11.8 Å². The minimum Gasteiger partial charge on any atom is -0.496 e. The van der Waals surface area contributed by atoms with E-state index in [1.165, 1.54) is 7.11 Å². The van der Waals surface area contributed by atoms with Crippen molar-refractivity contribution in [2.24, 2.45) is 11.3 Å². The van der Waals surface area contributed by atoms with Crippen LogP contribution in [0, 0.1) is 29.6 Å². The Balaban J connectivity index is 1.42. The number of likely N-dealkylation sites (tertiary alicyclic amines) is 1. The van der Waals surface area contributed by atoms with E-state index in [4.69, 9.17) is 9.47 Å². The molecule has 9 heteroatoms. The Morgan fingerprint density at radius 1 is 1.23 bits per heavy atom. The van der Waals surface area contributed by atoms with Crippen molar-refractivity contribution in [1.82, 2.24) is 15.2 Å². The van der Waals surface area contributed by atoms with Crippen LogP contribution in [0.5, 0.6) is 5.75 Å². The predicted octanol–water partition coefficient (Wildman–Crippen LogP) is 4.57. The van der Waals surface area contributed by atoms with Gasteiger partial charge in [0.15, 0.2) is 6.04 Å². The number of nitriles is 1. The van der Waals surface area contributed by atoms with E-state index in [1.54, 1.807) is 19.2 Å². The second-order valence-corrected chi connectivity index (χ2v) is 11.3. The highest BCUT2D eigenvalue weighted by Crippen LogP contribution is 2.56. The molecule has 1 aromatic heterocycles. The van der Waals surface area contributed by atoms with Gasteiger partial charge in [0.05, 0.1) is 19.8 Å². The molecule has 2 aromatic carbocycles. The number of aromatic nitrogens is 1. The molecule has 2 fully saturated rings.